The Morgan fingerprint density at radius 2 is 1.83 bits per heavy atom. The fourth-order valence-electron chi connectivity index (χ4n) is 2.83. The molecule has 1 aliphatic heterocycles. The summed E-state index contributed by atoms with van der Waals surface area (Å²) in [5.41, 5.74) is 1.29. The summed E-state index contributed by atoms with van der Waals surface area (Å²) in [6, 6.07) is 13.5. The quantitative estimate of drug-likeness (QED) is 0.723. The molecule has 0 unspecified atom stereocenters. The number of aromatic nitrogens is 1. The first kappa shape index (κ1) is 14.2. The highest BCUT2D eigenvalue weighted by molar-refractivity contribution is 6.55. The van der Waals surface area contributed by atoms with Gasteiger partial charge in [-0.15, -0.1) is 0 Å². The van der Waals surface area contributed by atoms with E-state index in [1.54, 1.807) is 48.5 Å². The molecule has 1 aliphatic rings. The number of ketones is 1. The summed E-state index contributed by atoms with van der Waals surface area (Å²) in [6.07, 6.45) is 0. The molecule has 0 atom stereocenters. The van der Waals surface area contributed by atoms with Crippen LogP contribution < -0.4 is 9.94 Å². The molecule has 0 bridgehead atoms. The molecule has 0 amide bonds. The van der Waals surface area contributed by atoms with Crippen molar-refractivity contribution in [1.82, 2.24) is 4.73 Å². The smallest absolute Gasteiger partial charge is 0.329 e. The molecular formula is C18H11N2O4-. The van der Waals surface area contributed by atoms with E-state index >= 15 is 0 Å². The lowest BCUT2D eigenvalue weighted by atomic mass is 10.1. The number of carbonyl (C=O) groups is 2. The van der Waals surface area contributed by atoms with Crippen molar-refractivity contribution < 1.29 is 19.5 Å². The van der Waals surface area contributed by atoms with Crippen LogP contribution in [0.4, 0.5) is 5.69 Å². The van der Waals surface area contributed by atoms with Gasteiger partial charge >= 0.3 is 5.97 Å². The Morgan fingerprint density at radius 1 is 1.12 bits per heavy atom. The van der Waals surface area contributed by atoms with Gasteiger partial charge in [0.05, 0.1) is 11.2 Å². The summed E-state index contributed by atoms with van der Waals surface area (Å²) in [5.74, 6) is -1.36. The normalized spacial score (nSPS) is 13.0. The monoisotopic (exact) mass is 319 g/mol. The first-order valence-corrected chi connectivity index (χ1v) is 7.30. The molecule has 0 spiro atoms. The number of benzene rings is 2. The van der Waals surface area contributed by atoms with Gasteiger partial charge in [-0.05, 0) is 23.6 Å². The zero-order chi connectivity index (χ0) is 16.8. The van der Waals surface area contributed by atoms with Crippen molar-refractivity contribution in [2.24, 2.45) is 4.99 Å². The van der Waals surface area contributed by atoms with Crippen molar-refractivity contribution in [3.05, 3.63) is 59.8 Å². The molecular weight excluding hydrogens is 308 g/mol. The molecule has 3 aromatic rings. The number of fused-ring (bicyclic) bond motifs is 2. The summed E-state index contributed by atoms with van der Waals surface area (Å²) in [5, 5.41) is 13.1. The zero-order valence-corrected chi connectivity index (χ0v) is 12.6. The van der Waals surface area contributed by atoms with E-state index in [1.807, 2.05) is 0 Å². The van der Waals surface area contributed by atoms with Crippen LogP contribution in [0.1, 0.15) is 23.0 Å². The highest BCUT2D eigenvalue weighted by atomic mass is 16.7. The first-order valence-electron chi connectivity index (χ1n) is 7.30. The lowest BCUT2D eigenvalue weighted by Crippen LogP contribution is -2.24. The van der Waals surface area contributed by atoms with Crippen molar-refractivity contribution in [2.75, 3.05) is 0 Å². The number of rotatable bonds is 2. The number of carbonyl (C=O) groups excluding carboxylic acids is 2. The summed E-state index contributed by atoms with van der Waals surface area (Å²) < 4.78 is 1.10. The minimum absolute atomic E-state index is 0.0151. The Kier molecular flexibility index (Phi) is 2.99. The average molecular weight is 319 g/mol. The number of aliphatic imine (C=N–C) groups is 1. The fourth-order valence-corrected chi connectivity index (χ4v) is 2.83. The second-order valence-electron chi connectivity index (χ2n) is 5.38. The Bertz CT molecular complexity index is 1050. The molecule has 0 fully saturated rings. The average Bonchev–Trinajstić information content (AvgIpc) is 3.04. The molecule has 24 heavy (non-hydrogen) atoms. The van der Waals surface area contributed by atoms with Gasteiger partial charge in [-0.3, -0.25) is 4.79 Å². The van der Waals surface area contributed by atoms with Crippen LogP contribution in [0.2, 0.25) is 0 Å². The Labute approximate surface area is 136 Å². The van der Waals surface area contributed by atoms with Crippen LogP contribution in [-0.2, 0) is 4.79 Å². The van der Waals surface area contributed by atoms with Gasteiger partial charge in [-0.25, -0.2) is 9.79 Å². The maximum atomic E-state index is 12.8. The number of hydrogen-bond acceptors (Lipinski definition) is 5. The van der Waals surface area contributed by atoms with Crippen molar-refractivity contribution >= 4 is 34.1 Å². The Balaban J connectivity index is 2.00. The number of para-hydroxylation sites is 2. The maximum absolute atomic E-state index is 12.8. The van der Waals surface area contributed by atoms with Gasteiger partial charge in [0.25, 0.3) is 0 Å². The van der Waals surface area contributed by atoms with Crippen LogP contribution in [0.3, 0.4) is 0 Å². The third kappa shape index (κ3) is 1.93. The number of Topliss-reactive ketones (excluding diaryl/α,β-unsaturated/α-hetero) is 1. The van der Waals surface area contributed by atoms with Crippen LogP contribution >= 0.6 is 0 Å². The summed E-state index contributed by atoms with van der Waals surface area (Å²) in [4.78, 5) is 33.6. The third-order valence-electron chi connectivity index (χ3n) is 3.83. The molecule has 2 aromatic carbocycles. The molecule has 118 valence electrons. The fraction of sp³-hybridized carbons (Fsp3) is 0.0556. The molecule has 0 aliphatic carbocycles. The van der Waals surface area contributed by atoms with Gasteiger partial charge in [0, 0.05) is 12.5 Å². The minimum Gasteiger partial charge on any atom is -0.870 e. The largest absolute Gasteiger partial charge is 0.870 e. The molecule has 1 aromatic heterocycles. The second-order valence-corrected chi connectivity index (χ2v) is 5.38. The molecule has 0 saturated heterocycles. The van der Waals surface area contributed by atoms with Crippen LogP contribution in [0.15, 0.2) is 53.5 Å². The van der Waals surface area contributed by atoms with E-state index in [4.69, 9.17) is 4.84 Å². The molecule has 6 nitrogen and oxygen atoms in total. The van der Waals surface area contributed by atoms with Gasteiger partial charge in [0.2, 0.25) is 5.78 Å². The van der Waals surface area contributed by atoms with Crippen LogP contribution in [0, 0.1) is 0 Å². The van der Waals surface area contributed by atoms with E-state index in [-0.39, 0.29) is 17.2 Å². The van der Waals surface area contributed by atoms with Crippen molar-refractivity contribution in [3.63, 3.8) is 0 Å². The minimum atomic E-state index is -0.597. The zero-order valence-electron chi connectivity index (χ0n) is 12.6. The van der Waals surface area contributed by atoms with E-state index in [9.17, 15) is 14.7 Å². The maximum Gasteiger partial charge on any atom is 0.329 e. The van der Waals surface area contributed by atoms with Crippen LogP contribution in [0.25, 0.3) is 10.9 Å². The van der Waals surface area contributed by atoms with Gasteiger partial charge < -0.3 is 9.94 Å². The molecule has 0 saturated carbocycles. The standard InChI is InChI=1S/C18H12N2O4/c1-10(21)24-20-14-9-5-3-7-12(14)18(23)16(20)15-17(22)11-6-2-4-8-13(11)19-15/h2-9,23H,1H3/p-1. The van der Waals surface area contributed by atoms with E-state index in [2.05, 4.69) is 4.99 Å². The summed E-state index contributed by atoms with van der Waals surface area (Å²) in [7, 11) is 0. The van der Waals surface area contributed by atoms with E-state index in [0.29, 0.717) is 22.2 Å². The lowest BCUT2D eigenvalue weighted by Gasteiger charge is -2.11. The number of hydrogen-bond donors (Lipinski definition) is 0. The van der Waals surface area contributed by atoms with E-state index in [0.717, 1.165) is 4.73 Å². The van der Waals surface area contributed by atoms with Crippen molar-refractivity contribution in [3.8, 4) is 5.75 Å². The number of nitrogens with zero attached hydrogens (tertiary/aromatic N) is 2. The first-order chi connectivity index (χ1) is 11.6. The lowest BCUT2D eigenvalue weighted by molar-refractivity contribution is -0.266. The van der Waals surface area contributed by atoms with E-state index in [1.165, 1.54) is 6.92 Å². The van der Waals surface area contributed by atoms with Crippen LogP contribution in [0.5, 0.6) is 5.75 Å². The Hall–Kier alpha value is -3.41. The SMILES string of the molecule is CC(=O)On1c(C2=Nc3ccccc3C2=O)c([O-])c2ccccc21. The predicted octanol–water partition coefficient (Wildman–Crippen LogP) is 2.01. The Morgan fingerprint density at radius 3 is 2.58 bits per heavy atom. The van der Waals surface area contributed by atoms with E-state index < -0.39 is 11.7 Å². The third-order valence-corrected chi connectivity index (χ3v) is 3.83. The molecule has 6 heteroatoms. The molecule has 4 rings (SSSR count). The van der Waals surface area contributed by atoms with Gasteiger partial charge in [-0.2, -0.15) is 4.73 Å². The van der Waals surface area contributed by atoms with Crippen molar-refractivity contribution in [2.45, 2.75) is 6.92 Å². The highest BCUT2D eigenvalue weighted by Crippen LogP contribution is 2.35. The van der Waals surface area contributed by atoms with Gasteiger partial charge in [-0.1, -0.05) is 36.1 Å². The predicted molar refractivity (Wildman–Crippen MR) is 85.6 cm³/mol. The van der Waals surface area contributed by atoms with Crippen molar-refractivity contribution in [1.29, 1.82) is 0 Å². The van der Waals surface area contributed by atoms with Crippen LogP contribution in [-0.4, -0.2) is 22.2 Å². The van der Waals surface area contributed by atoms with Gasteiger partial charge in [0.15, 0.2) is 0 Å². The molecule has 2 heterocycles. The molecule has 0 radical (unpaired) electrons. The van der Waals surface area contributed by atoms with Gasteiger partial charge in [0.1, 0.15) is 11.4 Å². The summed E-state index contributed by atoms with van der Waals surface area (Å²) >= 11 is 0. The highest BCUT2D eigenvalue weighted by Gasteiger charge is 2.30. The topological polar surface area (TPSA) is 83.7 Å². The molecule has 0 N–H and O–H groups in total. The summed E-state index contributed by atoms with van der Waals surface area (Å²) in [6.45, 7) is 1.23. The second kappa shape index (κ2) is 5.06.